The molecule has 0 aliphatic heterocycles. The van der Waals surface area contributed by atoms with Crippen LogP contribution in [-0.4, -0.2) is 17.0 Å². The van der Waals surface area contributed by atoms with Crippen LogP contribution in [0.15, 0.2) is 0 Å². The average Bonchev–Trinajstić information content (AvgIpc) is 1.84. The molecule has 0 radical (unpaired) electrons. The summed E-state index contributed by atoms with van der Waals surface area (Å²) in [6.07, 6.45) is 0. The zero-order valence-corrected chi connectivity index (χ0v) is 5.40. The molecule has 4 nitrogen and oxygen atoms in total. The predicted octanol–water partition coefficient (Wildman–Crippen LogP) is 0.0179. The normalized spacial score (nSPS) is 8.22. The quantitative estimate of drug-likeness (QED) is 0.333. The van der Waals surface area contributed by atoms with Gasteiger partial charge in [0.1, 0.15) is 11.9 Å². The highest BCUT2D eigenvalue weighted by Crippen LogP contribution is 1.89. The van der Waals surface area contributed by atoms with Crippen molar-refractivity contribution in [2.24, 2.45) is 0 Å². The third-order valence-corrected chi connectivity index (χ3v) is 0.746. The summed E-state index contributed by atoms with van der Waals surface area (Å²) in [7, 11) is 0. The first-order chi connectivity index (χ1) is 4.09. The molecule has 0 spiro atoms. The molecule has 0 aromatic rings. The van der Waals surface area contributed by atoms with Crippen LogP contribution in [0.25, 0.3) is 0 Å². The molecule has 0 aliphatic rings. The van der Waals surface area contributed by atoms with Crippen molar-refractivity contribution < 1.29 is 18.7 Å². The lowest BCUT2D eigenvalue weighted by Gasteiger charge is -1.84. The molecule has 0 saturated carbocycles. The Bertz CT molecular complexity index is 163. The number of rotatable bonds is 2. The maximum absolute atomic E-state index is 10.0. The summed E-state index contributed by atoms with van der Waals surface area (Å²) in [6, 6.07) is 0. The van der Waals surface area contributed by atoms with E-state index >= 15 is 0 Å². The van der Waals surface area contributed by atoms with E-state index in [1.165, 1.54) is 0 Å². The van der Waals surface area contributed by atoms with Gasteiger partial charge >= 0.3 is 11.8 Å². The Morgan fingerprint density at radius 3 is 1.78 bits per heavy atom. The van der Waals surface area contributed by atoms with Crippen LogP contribution in [0.1, 0.15) is 0 Å². The van der Waals surface area contributed by atoms with Crippen molar-refractivity contribution in [2.45, 2.75) is 0 Å². The molecule has 0 heterocycles. The summed E-state index contributed by atoms with van der Waals surface area (Å²) < 4.78 is 3.35. The fraction of sp³-hybridized carbons (Fsp3) is 0. The number of hydrogen-bond donors (Lipinski definition) is 0. The van der Waals surface area contributed by atoms with Crippen LogP contribution in [0.3, 0.4) is 0 Å². The topological polar surface area (TPSA) is 60.4 Å². The highest BCUT2D eigenvalue weighted by molar-refractivity contribution is 6.89. The maximum Gasteiger partial charge on any atom is 0.402 e. The molecule has 0 rings (SSSR count). The molecule has 0 fully saturated rings. The van der Waals surface area contributed by atoms with Crippen molar-refractivity contribution >= 4 is 40.5 Å². The summed E-state index contributed by atoms with van der Waals surface area (Å²) >= 11 is 8.96. The molecule has 0 saturated heterocycles. The first-order valence-corrected chi connectivity index (χ1v) is 2.35. The highest BCUT2D eigenvalue weighted by atomic mass is 35.5. The maximum atomic E-state index is 10.0. The Morgan fingerprint density at radius 2 is 1.67 bits per heavy atom. The van der Waals surface area contributed by atoms with Gasteiger partial charge in [0.15, 0.2) is 0 Å². The second-order valence-corrected chi connectivity index (χ2v) is 1.47. The van der Waals surface area contributed by atoms with Gasteiger partial charge in [-0.15, -0.1) is 0 Å². The lowest BCUT2D eigenvalue weighted by Crippen LogP contribution is -2.19. The predicted molar refractivity (Wildman–Crippen MR) is 27.8 cm³/mol. The molecule has 0 N–H and O–H groups in total. The van der Waals surface area contributed by atoms with Gasteiger partial charge in [0, 0.05) is 0 Å². The van der Waals surface area contributed by atoms with Crippen LogP contribution in [-0.2, 0) is 18.7 Å². The molecule has 0 aromatic carbocycles. The average molecular weight is 171 g/mol. The van der Waals surface area contributed by atoms with E-state index in [0.717, 1.165) is 0 Å². The van der Waals surface area contributed by atoms with Gasteiger partial charge in [0.05, 0.1) is 0 Å². The van der Waals surface area contributed by atoms with E-state index in [0.29, 0.717) is 0 Å². The molecule has 0 unspecified atom stereocenters. The molecule has 50 valence electrons. The largest absolute Gasteiger partial charge is 0.402 e. The van der Waals surface area contributed by atoms with Crippen molar-refractivity contribution in [1.29, 1.82) is 0 Å². The summed E-state index contributed by atoms with van der Waals surface area (Å²) in [5.41, 5.74) is 0. The van der Waals surface area contributed by atoms with Gasteiger partial charge in [-0.2, -0.15) is 0 Å². The van der Waals surface area contributed by atoms with Crippen LogP contribution in [0.5, 0.6) is 0 Å². The van der Waals surface area contributed by atoms with E-state index in [-0.39, 0.29) is 0 Å². The first kappa shape index (κ1) is 8.39. The molecule has 0 atom stereocenters. The number of carbonyl (C=O) groups is 3. The smallest absolute Gasteiger partial charge is 0.340 e. The zero-order valence-electron chi connectivity index (χ0n) is 3.89. The van der Waals surface area contributed by atoms with Gasteiger partial charge < -0.3 is 4.29 Å². The molecule has 0 bridgehead atoms. The van der Waals surface area contributed by atoms with E-state index in [2.05, 4.69) is 27.8 Å². The van der Waals surface area contributed by atoms with Crippen LogP contribution >= 0.6 is 23.5 Å². The highest BCUT2D eigenvalue weighted by Gasteiger charge is 2.21. The molecular formula is C3Cl2O4. The summed E-state index contributed by atoms with van der Waals surface area (Å²) in [4.78, 5) is 29.8. The first-order valence-electron chi connectivity index (χ1n) is 1.66. The number of halogens is 2. The summed E-state index contributed by atoms with van der Waals surface area (Å²) in [6.45, 7) is 0. The third kappa shape index (κ3) is 2.43. The van der Waals surface area contributed by atoms with E-state index in [4.69, 9.17) is 0 Å². The Kier molecular flexibility index (Phi) is 3.19. The van der Waals surface area contributed by atoms with Crippen molar-refractivity contribution in [2.75, 3.05) is 0 Å². The van der Waals surface area contributed by atoms with Crippen LogP contribution in [0.2, 0.25) is 0 Å². The molecular weight excluding hydrogens is 171 g/mol. The number of hydrogen-bond acceptors (Lipinski definition) is 4. The summed E-state index contributed by atoms with van der Waals surface area (Å²) in [5.74, 6) is -2.96. The van der Waals surface area contributed by atoms with Crippen LogP contribution in [0.4, 0.5) is 0 Å². The van der Waals surface area contributed by atoms with Crippen molar-refractivity contribution in [3.63, 3.8) is 0 Å². The number of carbonyl (C=O) groups excluding carboxylic acids is 3. The molecule has 0 aromatic heterocycles. The Hall–Kier alpha value is -0.610. The molecule has 9 heavy (non-hydrogen) atoms. The van der Waals surface area contributed by atoms with Gasteiger partial charge in [-0.1, -0.05) is 0 Å². The van der Waals surface area contributed by atoms with Crippen LogP contribution in [0, 0.1) is 0 Å². The van der Waals surface area contributed by atoms with E-state index < -0.39 is 17.0 Å². The van der Waals surface area contributed by atoms with Gasteiger partial charge in [-0.05, 0) is 11.6 Å². The van der Waals surface area contributed by atoms with Gasteiger partial charge in [-0.3, -0.25) is 9.59 Å². The van der Waals surface area contributed by atoms with Crippen molar-refractivity contribution in [3.8, 4) is 0 Å². The van der Waals surface area contributed by atoms with E-state index in [1.807, 2.05) is 0 Å². The van der Waals surface area contributed by atoms with E-state index in [9.17, 15) is 14.4 Å². The number of ketones is 1. The third-order valence-electron chi connectivity index (χ3n) is 0.434. The lowest BCUT2D eigenvalue weighted by atomic mass is 10.4. The Labute approximate surface area is 59.8 Å². The van der Waals surface area contributed by atoms with Gasteiger partial charge in [-0.25, -0.2) is 4.79 Å². The molecule has 0 amide bonds. The van der Waals surface area contributed by atoms with Gasteiger partial charge in [0.25, 0.3) is 5.24 Å². The molecule has 0 aliphatic carbocycles. The van der Waals surface area contributed by atoms with Crippen molar-refractivity contribution in [3.05, 3.63) is 0 Å². The Balaban J connectivity index is 4.05. The minimum Gasteiger partial charge on any atom is -0.340 e. The van der Waals surface area contributed by atoms with Gasteiger partial charge in [0.2, 0.25) is 0 Å². The minimum absolute atomic E-state index is 1.42. The fourth-order valence-corrected chi connectivity index (χ4v) is 0.263. The fourth-order valence-electron chi connectivity index (χ4n) is 0.115. The SMILES string of the molecule is O=C(Cl)C(=O)C(=O)OCl. The zero-order chi connectivity index (χ0) is 7.44. The molecule has 6 heteroatoms. The lowest BCUT2D eigenvalue weighted by molar-refractivity contribution is -0.149. The second-order valence-electron chi connectivity index (χ2n) is 0.967. The van der Waals surface area contributed by atoms with Crippen molar-refractivity contribution in [1.82, 2.24) is 0 Å². The van der Waals surface area contributed by atoms with E-state index in [1.54, 1.807) is 0 Å². The Morgan fingerprint density at radius 1 is 1.22 bits per heavy atom. The van der Waals surface area contributed by atoms with Crippen LogP contribution < -0.4 is 0 Å². The summed E-state index contributed by atoms with van der Waals surface area (Å²) in [5, 5.41) is -1.42. The standard InChI is InChI=1S/C3Cl2O4/c4-2(7)1(6)3(8)9-5. The monoisotopic (exact) mass is 170 g/mol. The second kappa shape index (κ2) is 3.42. The number of Topliss-reactive ketones (excluding diaryl/α,β-unsaturated/α-hetero) is 1. The minimum atomic E-state index is -1.48.